The molecule has 0 saturated carbocycles. The number of hydrogen-bond donors (Lipinski definition) is 0. The van der Waals surface area contributed by atoms with Gasteiger partial charge in [-0.25, -0.2) is 0 Å². The second-order valence-corrected chi connectivity index (χ2v) is 5.48. The van der Waals surface area contributed by atoms with E-state index in [1.165, 1.54) is 37.1 Å². The summed E-state index contributed by atoms with van der Waals surface area (Å²) in [7, 11) is 3.42. The SMILES string of the molecule is COc1cc2c(cc1OC)[C@@]1(C)CCCN1CC2. The maximum absolute atomic E-state index is 5.45. The van der Waals surface area contributed by atoms with Gasteiger partial charge in [0.15, 0.2) is 11.5 Å². The highest BCUT2D eigenvalue weighted by Crippen LogP contribution is 2.46. The number of rotatable bonds is 2. The fourth-order valence-electron chi connectivity index (χ4n) is 3.57. The Morgan fingerprint density at radius 3 is 2.56 bits per heavy atom. The zero-order chi connectivity index (χ0) is 12.8. The molecule has 2 aliphatic heterocycles. The summed E-state index contributed by atoms with van der Waals surface area (Å²) in [5.41, 5.74) is 3.06. The lowest BCUT2D eigenvalue weighted by molar-refractivity contribution is 0.142. The van der Waals surface area contributed by atoms with Crippen molar-refractivity contribution in [3.63, 3.8) is 0 Å². The first-order chi connectivity index (χ1) is 8.69. The molecule has 18 heavy (non-hydrogen) atoms. The largest absolute Gasteiger partial charge is 0.493 e. The summed E-state index contributed by atoms with van der Waals surface area (Å²) in [6.45, 7) is 4.76. The highest BCUT2D eigenvalue weighted by Gasteiger charge is 2.42. The van der Waals surface area contributed by atoms with Crippen LogP contribution >= 0.6 is 0 Å². The summed E-state index contributed by atoms with van der Waals surface area (Å²) < 4.78 is 10.9. The van der Waals surface area contributed by atoms with E-state index in [0.29, 0.717) is 0 Å². The summed E-state index contributed by atoms with van der Waals surface area (Å²) in [6, 6.07) is 4.35. The van der Waals surface area contributed by atoms with Gasteiger partial charge in [-0.1, -0.05) is 0 Å². The van der Waals surface area contributed by atoms with Gasteiger partial charge in [0.05, 0.1) is 14.2 Å². The molecule has 3 rings (SSSR count). The van der Waals surface area contributed by atoms with Gasteiger partial charge in [-0.2, -0.15) is 0 Å². The highest BCUT2D eigenvalue weighted by molar-refractivity contribution is 5.51. The van der Waals surface area contributed by atoms with Crippen molar-refractivity contribution in [1.29, 1.82) is 0 Å². The van der Waals surface area contributed by atoms with E-state index in [-0.39, 0.29) is 5.54 Å². The summed E-state index contributed by atoms with van der Waals surface area (Å²) >= 11 is 0. The topological polar surface area (TPSA) is 21.7 Å². The van der Waals surface area contributed by atoms with Crippen molar-refractivity contribution in [2.75, 3.05) is 27.3 Å². The molecule has 98 valence electrons. The van der Waals surface area contributed by atoms with Crippen molar-refractivity contribution in [3.05, 3.63) is 23.3 Å². The van der Waals surface area contributed by atoms with E-state index < -0.39 is 0 Å². The first-order valence-electron chi connectivity index (χ1n) is 6.69. The van der Waals surface area contributed by atoms with Gasteiger partial charge in [-0.05, 0) is 56.0 Å². The molecule has 1 fully saturated rings. The standard InChI is InChI=1S/C15H21NO2/c1-15-6-4-7-16(15)8-5-11-9-13(17-2)14(18-3)10-12(11)15/h9-10H,4-8H2,1-3H3/t15-/m1/s1. The van der Waals surface area contributed by atoms with Gasteiger partial charge in [-0.3, -0.25) is 4.90 Å². The van der Waals surface area contributed by atoms with Crippen molar-refractivity contribution in [3.8, 4) is 11.5 Å². The zero-order valence-electron chi connectivity index (χ0n) is 11.5. The molecule has 1 aromatic rings. The number of hydrogen-bond acceptors (Lipinski definition) is 3. The van der Waals surface area contributed by atoms with Gasteiger partial charge in [0.2, 0.25) is 0 Å². The number of nitrogens with zero attached hydrogens (tertiary/aromatic N) is 1. The fourth-order valence-corrected chi connectivity index (χ4v) is 3.57. The third-order valence-corrected chi connectivity index (χ3v) is 4.63. The second kappa shape index (κ2) is 4.16. The molecule has 2 heterocycles. The van der Waals surface area contributed by atoms with Crippen LogP contribution in [-0.4, -0.2) is 32.2 Å². The van der Waals surface area contributed by atoms with Crippen LogP contribution in [0, 0.1) is 0 Å². The van der Waals surface area contributed by atoms with Crippen molar-refractivity contribution in [2.45, 2.75) is 31.7 Å². The summed E-state index contributed by atoms with van der Waals surface area (Å²) in [5, 5.41) is 0. The van der Waals surface area contributed by atoms with Gasteiger partial charge in [-0.15, -0.1) is 0 Å². The Balaban J connectivity index is 2.13. The van der Waals surface area contributed by atoms with Gasteiger partial charge < -0.3 is 9.47 Å². The maximum Gasteiger partial charge on any atom is 0.161 e. The smallest absolute Gasteiger partial charge is 0.161 e. The lowest BCUT2D eigenvalue weighted by Crippen LogP contribution is -2.44. The molecule has 0 radical (unpaired) electrons. The minimum absolute atomic E-state index is 0.202. The molecule has 0 spiro atoms. The fraction of sp³-hybridized carbons (Fsp3) is 0.600. The van der Waals surface area contributed by atoms with Crippen LogP contribution in [0.15, 0.2) is 12.1 Å². The molecule has 1 atom stereocenters. The Hall–Kier alpha value is -1.22. The van der Waals surface area contributed by atoms with E-state index >= 15 is 0 Å². The maximum atomic E-state index is 5.45. The minimum Gasteiger partial charge on any atom is -0.493 e. The van der Waals surface area contributed by atoms with E-state index in [4.69, 9.17) is 9.47 Å². The van der Waals surface area contributed by atoms with Crippen LogP contribution in [0.1, 0.15) is 30.9 Å². The Morgan fingerprint density at radius 2 is 1.83 bits per heavy atom. The molecule has 0 aliphatic carbocycles. The molecule has 0 aromatic heterocycles. The number of benzene rings is 1. The zero-order valence-corrected chi connectivity index (χ0v) is 11.5. The molecule has 1 aromatic carbocycles. The van der Waals surface area contributed by atoms with Crippen molar-refractivity contribution >= 4 is 0 Å². The predicted octanol–water partition coefficient (Wildman–Crippen LogP) is 2.57. The molecular weight excluding hydrogens is 226 g/mol. The van der Waals surface area contributed by atoms with Crippen LogP contribution < -0.4 is 9.47 Å². The third-order valence-electron chi connectivity index (χ3n) is 4.63. The first kappa shape index (κ1) is 11.8. The van der Waals surface area contributed by atoms with E-state index in [1.807, 2.05) is 0 Å². The van der Waals surface area contributed by atoms with Gasteiger partial charge in [0.1, 0.15) is 0 Å². The second-order valence-electron chi connectivity index (χ2n) is 5.48. The number of fused-ring (bicyclic) bond motifs is 3. The van der Waals surface area contributed by atoms with Crippen LogP contribution in [0.25, 0.3) is 0 Å². The molecule has 0 amide bonds. The quantitative estimate of drug-likeness (QED) is 0.801. The van der Waals surface area contributed by atoms with Crippen LogP contribution in [0.2, 0.25) is 0 Å². The number of methoxy groups -OCH3 is 2. The van der Waals surface area contributed by atoms with E-state index in [0.717, 1.165) is 17.9 Å². The molecular formula is C15H21NO2. The molecule has 3 heteroatoms. The lowest BCUT2D eigenvalue weighted by atomic mass is 9.81. The van der Waals surface area contributed by atoms with Gasteiger partial charge >= 0.3 is 0 Å². The Kier molecular flexibility index (Phi) is 2.74. The van der Waals surface area contributed by atoms with Crippen LogP contribution in [0.5, 0.6) is 11.5 Å². The first-order valence-corrected chi connectivity index (χ1v) is 6.69. The Labute approximate surface area is 109 Å². The minimum atomic E-state index is 0.202. The molecule has 2 aliphatic rings. The van der Waals surface area contributed by atoms with E-state index in [2.05, 4.69) is 24.0 Å². The van der Waals surface area contributed by atoms with Crippen molar-refractivity contribution in [1.82, 2.24) is 4.90 Å². The molecule has 0 N–H and O–H groups in total. The summed E-state index contributed by atoms with van der Waals surface area (Å²) in [4.78, 5) is 2.61. The van der Waals surface area contributed by atoms with Crippen molar-refractivity contribution in [2.24, 2.45) is 0 Å². The van der Waals surface area contributed by atoms with Crippen LogP contribution in [0.4, 0.5) is 0 Å². The molecule has 0 bridgehead atoms. The Bertz CT molecular complexity index is 472. The normalized spacial score (nSPS) is 26.6. The average molecular weight is 247 g/mol. The third kappa shape index (κ3) is 1.53. The van der Waals surface area contributed by atoms with E-state index in [1.54, 1.807) is 14.2 Å². The Morgan fingerprint density at radius 1 is 1.11 bits per heavy atom. The summed E-state index contributed by atoms with van der Waals surface area (Å²) in [5.74, 6) is 1.71. The van der Waals surface area contributed by atoms with Crippen LogP contribution in [-0.2, 0) is 12.0 Å². The molecule has 3 nitrogen and oxygen atoms in total. The lowest BCUT2D eigenvalue weighted by Gasteiger charge is -2.41. The van der Waals surface area contributed by atoms with Crippen molar-refractivity contribution < 1.29 is 9.47 Å². The van der Waals surface area contributed by atoms with E-state index in [9.17, 15) is 0 Å². The van der Waals surface area contributed by atoms with Gasteiger partial charge in [0, 0.05) is 12.1 Å². The molecule has 0 unspecified atom stereocenters. The monoisotopic (exact) mass is 247 g/mol. The van der Waals surface area contributed by atoms with Gasteiger partial charge in [0.25, 0.3) is 0 Å². The number of ether oxygens (including phenoxy) is 2. The van der Waals surface area contributed by atoms with Crippen LogP contribution in [0.3, 0.4) is 0 Å². The average Bonchev–Trinajstić information content (AvgIpc) is 2.79. The molecule has 1 saturated heterocycles. The summed E-state index contributed by atoms with van der Waals surface area (Å²) in [6.07, 6.45) is 3.66. The highest BCUT2D eigenvalue weighted by atomic mass is 16.5. The predicted molar refractivity (Wildman–Crippen MR) is 71.4 cm³/mol.